The van der Waals surface area contributed by atoms with E-state index in [0.29, 0.717) is 6.54 Å². The molecule has 3 amide bonds. The van der Waals surface area contributed by atoms with E-state index in [0.717, 1.165) is 21.7 Å². The van der Waals surface area contributed by atoms with Gasteiger partial charge >= 0.3 is 0 Å². The normalized spacial score (nSPS) is 18.5. The molecular weight excluding hydrogens is 420 g/mol. The average molecular weight is 447 g/mol. The lowest BCUT2D eigenvalue weighted by Gasteiger charge is -2.30. The Morgan fingerprint density at radius 1 is 1.23 bits per heavy atom. The number of amides is 3. The summed E-state index contributed by atoms with van der Waals surface area (Å²) in [5.74, 6) is -0.187. The highest BCUT2D eigenvalue weighted by molar-refractivity contribution is 8.00. The Morgan fingerprint density at radius 3 is 2.83 bits per heavy atom. The van der Waals surface area contributed by atoms with Crippen molar-refractivity contribution in [1.82, 2.24) is 16.0 Å². The summed E-state index contributed by atoms with van der Waals surface area (Å²) in [7, 11) is 0. The van der Waals surface area contributed by atoms with Crippen molar-refractivity contribution >= 4 is 46.5 Å². The number of carbonyl (C=O) groups is 3. The van der Waals surface area contributed by atoms with Crippen molar-refractivity contribution in [2.75, 3.05) is 11.1 Å². The lowest BCUT2D eigenvalue weighted by atomic mass is 10.1. The molecule has 4 N–H and O–H groups in total. The summed E-state index contributed by atoms with van der Waals surface area (Å²) in [6.45, 7) is 4.41. The fourth-order valence-corrected chi connectivity index (χ4v) is 4.61. The number of rotatable bonds is 8. The molecule has 1 aromatic carbocycles. The van der Waals surface area contributed by atoms with Gasteiger partial charge in [-0.3, -0.25) is 19.7 Å². The highest BCUT2D eigenvalue weighted by atomic mass is 32.2. The molecule has 1 saturated heterocycles. The molecule has 30 heavy (non-hydrogen) atoms. The van der Waals surface area contributed by atoms with Crippen LogP contribution >= 0.6 is 23.1 Å². The standard InChI is InChI=1S/C21H26N4O3S2/c1-13-5-6-14(2)17(8-13)24-20(28)12-30-21-23-15(10-19(27)25-21)9-18(26)22-11-16-4-3-7-29-16/h3-8,15,21,23H,9-12H2,1-2H3,(H,22,26)(H,24,28)(H,25,27). The van der Waals surface area contributed by atoms with Crippen molar-refractivity contribution in [3.63, 3.8) is 0 Å². The number of nitrogens with one attached hydrogen (secondary N) is 4. The first-order chi connectivity index (χ1) is 14.4. The average Bonchev–Trinajstić information content (AvgIpc) is 3.21. The number of thioether (sulfide) groups is 1. The summed E-state index contributed by atoms with van der Waals surface area (Å²) in [6, 6.07) is 9.54. The molecule has 2 atom stereocenters. The highest BCUT2D eigenvalue weighted by Gasteiger charge is 2.28. The summed E-state index contributed by atoms with van der Waals surface area (Å²) in [5.41, 5.74) is 2.45. The van der Waals surface area contributed by atoms with Crippen molar-refractivity contribution in [3.8, 4) is 0 Å². The Kier molecular flexibility index (Phi) is 7.89. The third-order valence-electron chi connectivity index (χ3n) is 4.63. The molecule has 9 heteroatoms. The first kappa shape index (κ1) is 22.3. The predicted octanol–water partition coefficient (Wildman–Crippen LogP) is 2.50. The molecule has 2 heterocycles. The van der Waals surface area contributed by atoms with Crippen molar-refractivity contribution in [1.29, 1.82) is 0 Å². The molecule has 1 aliphatic heterocycles. The summed E-state index contributed by atoms with van der Waals surface area (Å²) in [5, 5.41) is 13.8. The van der Waals surface area contributed by atoms with Gasteiger partial charge in [-0.05, 0) is 42.5 Å². The highest BCUT2D eigenvalue weighted by Crippen LogP contribution is 2.18. The SMILES string of the molecule is Cc1ccc(C)c(NC(=O)CSC2NC(=O)CC(CC(=O)NCc3cccs3)N2)c1. The van der Waals surface area contributed by atoms with Crippen molar-refractivity contribution in [2.24, 2.45) is 0 Å². The van der Waals surface area contributed by atoms with Crippen LogP contribution in [0.1, 0.15) is 28.8 Å². The van der Waals surface area contributed by atoms with Gasteiger partial charge in [-0.2, -0.15) is 0 Å². The van der Waals surface area contributed by atoms with E-state index in [1.165, 1.54) is 11.8 Å². The maximum atomic E-state index is 12.3. The number of anilines is 1. The zero-order valence-corrected chi connectivity index (χ0v) is 18.6. The summed E-state index contributed by atoms with van der Waals surface area (Å²) < 4.78 is 0. The van der Waals surface area contributed by atoms with Gasteiger partial charge in [0, 0.05) is 29.4 Å². The summed E-state index contributed by atoms with van der Waals surface area (Å²) in [4.78, 5) is 37.6. The van der Waals surface area contributed by atoms with Gasteiger partial charge < -0.3 is 16.0 Å². The number of hydrogen-bond acceptors (Lipinski definition) is 6. The molecular formula is C21H26N4O3S2. The summed E-state index contributed by atoms with van der Waals surface area (Å²) in [6.07, 6.45) is 0.447. The van der Waals surface area contributed by atoms with E-state index < -0.39 is 5.50 Å². The zero-order valence-electron chi connectivity index (χ0n) is 17.0. The molecule has 1 aliphatic rings. The Bertz CT molecular complexity index is 902. The molecule has 0 spiro atoms. The first-order valence-electron chi connectivity index (χ1n) is 9.72. The molecule has 0 bridgehead atoms. The van der Waals surface area contributed by atoms with Crippen LogP contribution in [0.25, 0.3) is 0 Å². The van der Waals surface area contributed by atoms with Crippen LogP contribution in [-0.2, 0) is 20.9 Å². The van der Waals surface area contributed by atoms with Crippen LogP contribution in [0.2, 0.25) is 0 Å². The Balaban J connectivity index is 1.44. The van der Waals surface area contributed by atoms with Crippen molar-refractivity contribution < 1.29 is 14.4 Å². The van der Waals surface area contributed by atoms with Crippen LogP contribution in [-0.4, -0.2) is 35.0 Å². The van der Waals surface area contributed by atoms with Crippen molar-refractivity contribution in [3.05, 3.63) is 51.7 Å². The number of carbonyl (C=O) groups excluding carboxylic acids is 3. The third kappa shape index (κ3) is 6.86. The lowest BCUT2D eigenvalue weighted by Crippen LogP contribution is -2.56. The van der Waals surface area contributed by atoms with Crippen LogP contribution in [0.15, 0.2) is 35.7 Å². The molecule has 0 radical (unpaired) electrons. The van der Waals surface area contributed by atoms with Crippen LogP contribution in [0, 0.1) is 13.8 Å². The van der Waals surface area contributed by atoms with Crippen LogP contribution < -0.4 is 21.3 Å². The maximum absolute atomic E-state index is 12.3. The van der Waals surface area contributed by atoms with Gasteiger partial charge in [0.05, 0.1) is 12.3 Å². The van der Waals surface area contributed by atoms with Crippen LogP contribution in [0.3, 0.4) is 0 Å². The van der Waals surface area contributed by atoms with Gasteiger partial charge in [0.15, 0.2) is 0 Å². The Labute approximate surface area is 184 Å². The second-order valence-corrected chi connectivity index (χ2v) is 9.38. The number of hydrogen-bond donors (Lipinski definition) is 4. The maximum Gasteiger partial charge on any atom is 0.234 e. The second-order valence-electron chi connectivity index (χ2n) is 7.25. The van der Waals surface area contributed by atoms with Gasteiger partial charge in [-0.15, -0.1) is 23.1 Å². The Morgan fingerprint density at radius 2 is 2.07 bits per heavy atom. The molecule has 160 valence electrons. The van der Waals surface area contributed by atoms with E-state index >= 15 is 0 Å². The number of aryl methyl sites for hydroxylation is 2. The molecule has 1 aromatic heterocycles. The quantitative estimate of drug-likeness (QED) is 0.499. The smallest absolute Gasteiger partial charge is 0.234 e. The summed E-state index contributed by atoms with van der Waals surface area (Å²) >= 11 is 2.88. The number of benzene rings is 1. The minimum absolute atomic E-state index is 0.105. The topological polar surface area (TPSA) is 99.3 Å². The van der Waals surface area contributed by atoms with Gasteiger partial charge in [0.1, 0.15) is 5.50 Å². The minimum Gasteiger partial charge on any atom is -0.351 e. The van der Waals surface area contributed by atoms with E-state index in [1.54, 1.807) is 11.3 Å². The van der Waals surface area contributed by atoms with Gasteiger partial charge in [0.2, 0.25) is 17.7 Å². The molecule has 1 fully saturated rings. The van der Waals surface area contributed by atoms with Gasteiger partial charge in [0.25, 0.3) is 0 Å². The van der Waals surface area contributed by atoms with E-state index in [1.807, 2.05) is 49.6 Å². The van der Waals surface area contributed by atoms with Crippen LogP contribution in [0.5, 0.6) is 0 Å². The molecule has 3 rings (SSSR count). The van der Waals surface area contributed by atoms with Gasteiger partial charge in [-0.25, -0.2) is 0 Å². The fraction of sp³-hybridized carbons (Fsp3) is 0.381. The minimum atomic E-state index is -0.411. The lowest BCUT2D eigenvalue weighted by molar-refractivity contribution is -0.125. The van der Waals surface area contributed by atoms with E-state index in [-0.39, 0.29) is 42.4 Å². The van der Waals surface area contributed by atoms with Gasteiger partial charge in [-0.1, -0.05) is 18.2 Å². The molecule has 0 saturated carbocycles. The zero-order chi connectivity index (χ0) is 21.5. The Hall–Kier alpha value is -2.36. The second kappa shape index (κ2) is 10.6. The molecule has 2 unspecified atom stereocenters. The van der Waals surface area contributed by atoms with Crippen LogP contribution in [0.4, 0.5) is 5.69 Å². The number of thiophene rings is 1. The fourth-order valence-electron chi connectivity index (χ4n) is 3.08. The largest absolute Gasteiger partial charge is 0.351 e. The van der Waals surface area contributed by atoms with E-state index in [2.05, 4.69) is 21.3 Å². The monoisotopic (exact) mass is 446 g/mol. The molecule has 0 aliphatic carbocycles. The van der Waals surface area contributed by atoms with Crippen molar-refractivity contribution in [2.45, 2.75) is 44.8 Å². The van der Waals surface area contributed by atoms with E-state index in [4.69, 9.17) is 0 Å². The molecule has 7 nitrogen and oxygen atoms in total. The predicted molar refractivity (Wildman–Crippen MR) is 121 cm³/mol. The molecule has 2 aromatic rings. The third-order valence-corrected chi connectivity index (χ3v) is 6.52. The first-order valence-corrected chi connectivity index (χ1v) is 11.6. The van der Waals surface area contributed by atoms with E-state index in [9.17, 15) is 14.4 Å².